The number of carboxylic acid groups (broad SMARTS) is 1. The molecule has 108 valence electrons. The molecule has 0 aliphatic rings. The van der Waals surface area contributed by atoms with E-state index in [2.05, 4.69) is 10.3 Å². The molecule has 0 aliphatic heterocycles. The number of hydrogen-bond acceptors (Lipinski definition) is 4. The van der Waals surface area contributed by atoms with Crippen molar-refractivity contribution in [3.8, 4) is 6.07 Å². The smallest absolute Gasteiger partial charge is 0.433 e. The molecule has 0 radical (unpaired) electrons. The highest BCUT2D eigenvalue weighted by atomic mass is 19.4. The van der Waals surface area contributed by atoms with Gasteiger partial charge in [0.1, 0.15) is 17.6 Å². The molecule has 8 heteroatoms. The van der Waals surface area contributed by atoms with Crippen LogP contribution >= 0.6 is 0 Å². The van der Waals surface area contributed by atoms with Gasteiger partial charge < -0.3 is 10.4 Å². The zero-order valence-corrected chi connectivity index (χ0v) is 10.7. The molecular weight excluding hydrogens is 275 g/mol. The van der Waals surface area contributed by atoms with Crippen molar-refractivity contribution < 1.29 is 23.1 Å². The fraction of sp³-hybridized carbons (Fsp3) is 0.417. The van der Waals surface area contributed by atoms with Gasteiger partial charge in [0.15, 0.2) is 0 Å². The van der Waals surface area contributed by atoms with Gasteiger partial charge in [0, 0.05) is 6.54 Å². The molecular formula is C12H12F3N3O2. The summed E-state index contributed by atoms with van der Waals surface area (Å²) in [5.41, 5.74) is -2.44. The fourth-order valence-electron chi connectivity index (χ4n) is 1.22. The minimum atomic E-state index is -4.63. The van der Waals surface area contributed by atoms with E-state index in [9.17, 15) is 18.0 Å². The van der Waals surface area contributed by atoms with Crippen LogP contribution in [0.15, 0.2) is 12.1 Å². The second-order valence-corrected chi connectivity index (χ2v) is 4.74. The van der Waals surface area contributed by atoms with Gasteiger partial charge in [-0.1, -0.05) is 0 Å². The number of nitriles is 1. The van der Waals surface area contributed by atoms with Crippen molar-refractivity contribution in [3.05, 3.63) is 23.4 Å². The van der Waals surface area contributed by atoms with Crippen molar-refractivity contribution >= 4 is 11.8 Å². The molecule has 1 rings (SSSR count). The van der Waals surface area contributed by atoms with Crippen LogP contribution in [0.25, 0.3) is 0 Å². The Labute approximate surface area is 113 Å². The van der Waals surface area contributed by atoms with E-state index in [0.717, 1.165) is 6.07 Å². The molecule has 1 aromatic heterocycles. The normalized spacial score (nSPS) is 11.8. The van der Waals surface area contributed by atoms with Crippen LogP contribution in [-0.4, -0.2) is 22.6 Å². The molecule has 0 atom stereocenters. The van der Waals surface area contributed by atoms with Gasteiger partial charge in [0.25, 0.3) is 0 Å². The molecule has 0 saturated carbocycles. The SMILES string of the molecule is CC(C)(CNc1nc(C(F)(F)F)ccc1C#N)C(=O)O. The van der Waals surface area contributed by atoms with Crippen molar-refractivity contribution in [1.82, 2.24) is 4.98 Å². The lowest BCUT2D eigenvalue weighted by Gasteiger charge is -2.20. The number of halogens is 3. The van der Waals surface area contributed by atoms with Gasteiger partial charge in [0.05, 0.1) is 11.0 Å². The number of hydrogen-bond donors (Lipinski definition) is 2. The number of nitrogens with one attached hydrogen (secondary N) is 1. The van der Waals surface area contributed by atoms with Gasteiger partial charge in [-0.25, -0.2) is 4.98 Å². The van der Waals surface area contributed by atoms with Crippen LogP contribution in [0.4, 0.5) is 19.0 Å². The monoisotopic (exact) mass is 287 g/mol. The molecule has 1 heterocycles. The van der Waals surface area contributed by atoms with Gasteiger partial charge in [-0.3, -0.25) is 4.79 Å². The third-order valence-corrected chi connectivity index (χ3v) is 2.58. The Kier molecular flexibility index (Phi) is 4.23. The molecule has 5 nitrogen and oxygen atoms in total. The summed E-state index contributed by atoms with van der Waals surface area (Å²) in [4.78, 5) is 14.2. The standard InChI is InChI=1S/C12H12F3N3O2/c1-11(2,10(19)20)6-17-9-7(5-16)3-4-8(18-9)12(13,14)15/h3-4H,6H2,1-2H3,(H,17,18)(H,19,20). The van der Waals surface area contributed by atoms with Crippen LogP contribution < -0.4 is 5.32 Å². The van der Waals surface area contributed by atoms with Crippen LogP contribution in [0.5, 0.6) is 0 Å². The maximum Gasteiger partial charge on any atom is 0.433 e. The number of rotatable bonds is 4. The van der Waals surface area contributed by atoms with E-state index < -0.39 is 23.3 Å². The summed E-state index contributed by atoms with van der Waals surface area (Å²) in [5.74, 6) is -1.40. The first kappa shape index (κ1) is 15.8. The highest BCUT2D eigenvalue weighted by Crippen LogP contribution is 2.29. The summed E-state index contributed by atoms with van der Waals surface area (Å²) in [5, 5.41) is 20.2. The zero-order valence-electron chi connectivity index (χ0n) is 10.7. The molecule has 2 N–H and O–H groups in total. The second kappa shape index (κ2) is 5.36. The minimum Gasteiger partial charge on any atom is -0.481 e. The topological polar surface area (TPSA) is 86.0 Å². The van der Waals surface area contributed by atoms with Crippen LogP contribution in [0.1, 0.15) is 25.1 Å². The predicted molar refractivity (Wildman–Crippen MR) is 63.9 cm³/mol. The molecule has 0 aromatic carbocycles. The number of nitrogens with zero attached hydrogens (tertiary/aromatic N) is 2. The average Bonchev–Trinajstić information content (AvgIpc) is 2.34. The van der Waals surface area contributed by atoms with Crippen LogP contribution in [0.3, 0.4) is 0 Å². The third-order valence-electron chi connectivity index (χ3n) is 2.58. The first-order valence-corrected chi connectivity index (χ1v) is 5.53. The number of anilines is 1. The highest BCUT2D eigenvalue weighted by molar-refractivity contribution is 5.74. The maximum atomic E-state index is 12.5. The summed E-state index contributed by atoms with van der Waals surface area (Å²) in [7, 11) is 0. The Morgan fingerprint density at radius 1 is 1.45 bits per heavy atom. The number of aromatic nitrogens is 1. The average molecular weight is 287 g/mol. The van der Waals surface area contributed by atoms with Crippen molar-refractivity contribution in [3.63, 3.8) is 0 Å². The highest BCUT2D eigenvalue weighted by Gasteiger charge is 2.33. The van der Waals surface area contributed by atoms with Crippen molar-refractivity contribution in [2.75, 3.05) is 11.9 Å². The Morgan fingerprint density at radius 3 is 2.50 bits per heavy atom. The summed E-state index contributed by atoms with van der Waals surface area (Å²) in [6.07, 6.45) is -4.63. The molecule has 1 aromatic rings. The van der Waals surface area contributed by atoms with E-state index in [1.807, 2.05) is 0 Å². The summed E-state index contributed by atoms with van der Waals surface area (Å²) < 4.78 is 37.6. The minimum absolute atomic E-state index is 0.0841. The molecule has 0 amide bonds. The van der Waals surface area contributed by atoms with E-state index >= 15 is 0 Å². The first-order chi connectivity index (χ1) is 9.08. The Morgan fingerprint density at radius 2 is 2.05 bits per heavy atom. The van der Waals surface area contributed by atoms with Gasteiger partial charge in [0.2, 0.25) is 0 Å². The van der Waals surface area contributed by atoms with Gasteiger partial charge in [-0.05, 0) is 26.0 Å². The van der Waals surface area contributed by atoms with E-state index in [1.54, 1.807) is 6.07 Å². The van der Waals surface area contributed by atoms with E-state index in [-0.39, 0.29) is 17.9 Å². The molecule has 20 heavy (non-hydrogen) atoms. The molecule has 0 saturated heterocycles. The van der Waals surface area contributed by atoms with E-state index in [0.29, 0.717) is 6.07 Å². The lowest BCUT2D eigenvalue weighted by atomic mass is 9.94. The first-order valence-electron chi connectivity index (χ1n) is 5.53. The lowest BCUT2D eigenvalue weighted by molar-refractivity contribution is -0.146. The lowest BCUT2D eigenvalue weighted by Crippen LogP contribution is -2.32. The number of aliphatic carboxylic acids is 1. The second-order valence-electron chi connectivity index (χ2n) is 4.74. The van der Waals surface area contributed by atoms with Gasteiger partial charge in [-0.15, -0.1) is 0 Å². The van der Waals surface area contributed by atoms with Crippen LogP contribution in [0.2, 0.25) is 0 Å². The third kappa shape index (κ3) is 3.60. The molecule has 0 spiro atoms. The fourth-order valence-corrected chi connectivity index (χ4v) is 1.22. The number of pyridine rings is 1. The van der Waals surface area contributed by atoms with Gasteiger partial charge in [-0.2, -0.15) is 18.4 Å². The summed E-state index contributed by atoms with van der Waals surface area (Å²) >= 11 is 0. The molecule has 0 aliphatic carbocycles. The van der Waals surface area contributed by atoms with Crippen molar-refractivity contribution in [2.24, 2.45) is 5.41 Å². The Hall–Kier alpha value is -2.30. The Bertz CT molecular complexity index is 562. The largest absolute Gasteiger partial charge is 0.481 e. The summed E-state index contributed by atoms with van der Waals surface area (Å²) in [6.45, 7) is 2.65. The van der Waals surface area contributed by atoms with Crippen molar-refractivity contribution in [2.45, 2.75) is 20.0 Å². The molecule has 0 fully saturated rings. The quantitative estimate of drug-likeness (QED) is 0.888. The molecule has 0 bridgehead atoms. The van der Waals surface area contributed by atoms with Gasteiger partial charge >= 0.3 is 12.1 Å². The van der Waals surface area contributed by atoms with Crippen LogP contribution in [0, 0.1) is 16.7 Å². The summed E-state index contributed by atoms with van der Waals surface area (Å²) in [6, 6.07) is 3.39. The van der Waals surface area contributed by atoms with E-state index in [4.69, 9.17) is 10.4 Å². The van der Waals surface area contributed by atoms with E-state index in [1.165, 1.54) is 13.8 Å². The maximum absolute atomic E-state index is 12.5. The van der Waals surface area contributed by atoms with Crippen LogP contribution in [-0.2, 0) is 11.0 Å². The predicted octanol–water partition coefficient (Wildman–Crippen LogP) is 2.49. The number of carboxylic acids is 1. The number of alkyl halides is 3. The Balaban J connectivity index is 3.05. The van der Waals surface area contributed by atoms with Crippen molar-refractivity contribution in [1.29, 1.82) is 5.26 Å². The zero-order chi connectivity index (χ0) is 15.6. The molecule has 0 unspecified atom stereocenters. The number of carbonyl (C=O) groups is 1.